The zero-order valence-electron chi connectivity index (χ0n) is 14.4. The summed E-state index contributed by atoms with van der Waals surface area (Å²) in [5, 5.41) is 3.56. The van der Waals surface area contributed by atoms with Gasteiger partial charge in [0, 0.05) is 18.1 Å². The van der Waals surface area contributed by atoms with Crippen molar-refractivity contribution in [2.24, 2.45) is 0 Å². The van der Waals surface area contributed by atoms with Crippen LogP contribution in [0.1, 0.15) is 24.8 Å². The number of anilines is 2. The Labute approximate surface area is 153 Å². The minimum atomic E-state index is -0.191. The zero-order chi connectivity index (χ0) is 17.6. The van der Waals surface area contributed by atoms with Gasteiger partial charge in [-0.15, -0.1) is 0 Å². The average molecular weight is 359 g/mol. The van der Waals surface area contributed by atoms with Crippen LogP contribution in [-0.4, -0.2) is 25.6 Å². The van der Waals surface area contributed by atoms with E-state index < -0.39 is 0 Å². The Bertz CT molecular complexity index is 742. The van der Waals surface area contributed by atoms with Crippen molar-refractivity contribution in [2.45, 2.75) is 26.2 Å². The zero-order valence-corrected chi connectivity index (χ0v) is 15.2. The van der Waals surface area contributed by atoms with E-state index >= 15 is 0 Å². The quantitative estimate of drug-likeness (QED) is 0.845. The molecule has 1 saturated heterocycles. The molecule has 5 heteroatoms. The fourth-order valence-corrected chi connectivity index (χ4v) is 3.24. The lowest BCUT2D eigenvalue weighted by atomic mass is 10.1. The summed E-state index contributed by atoms with van der Waals surface area (Å²) in [5.41, 5.74) is 2.77. The molecule has 1 heterocycles. The number of nitrogens with one attached hydrogen (secondary N) is 1. The third-order valence-corrected chi connectivity index (χ3v) is 4.62. The van der Waals surface area contributed by atoms with E-state index in [0.29, 0.717) is 5.02 Å². The van der Waals surface area contributed by atoms with Crippen LogP contribution in [0.2, 0.25) is 5.02 Å². The predicted molar refractivity (Wildman–Crippen MR) is 103 cm³/mol. The van der Waals surface area contributed by atoms with Gasteiger partial charge in [-0.05, 0) is 56.0 Å². The summed E-state index contributed by atoms with van der Waals surface area (Å²) in [4.78, 5) is 14.6. The molecule has 0 aromatic heterocycles. The van der Waals surface area contributed by atoms with Gasteiger partial charge in [-0.1, -0.05) is 29.8 Å². The second kappa shape index (κ2) is 8.26. The van der Waals surface area contributed by atoms with Crippen LogP contribution >= 0.6 is 11.6 Å². The molecule has 0 unspecified atom stereocenters. The molecule has 4 nitrogen and oxygen atoms in total. The number of carbonyl (C=O) groups excluding carboxylic acids is 1. The molecule has 3 rings (SSSR count). The molecule has 0 aliphatic carbocycles. The van der Waals surface area contributed by atoms with Gasteiger partial charge >= 0.3 is 0 Å². The number of rotatable bonds is 5. The summed E-state index contributed by atoms with van der Waals surface area (Å²) in [6, 6.07) is 13.3. The largest absolute Gasteiger partial charge is 0.483 e. The SMILES string of the molecule is Cc1ccccc1OCC(=O)Nc1cc(Cl)ccc1N1CCCCC1. The van der Waals surface area contributed by atoms with Crippen molar-refractivity contribution < 1.29 is 9.53 Å². The molecule has 132 valence electrons. The number of carbonyl (C=O) groups is 1. The summed E-state index contributed by atoms with van der Waals surface area (Å²) in [5.74, 6) is 0.531. The van der Waals surface area contributed by atoms with Crippen LogP contribution < -0.4 is 15.0 Å². The Hall–Kier alpha value is -2.20. The summed E-state index contributed by atoms with van der Waals surface area (Å²) in [6.45, 7) is 3.93. The first-order chi connectivity index (χ1) is 12.1. The van der Waals surface area contributed by atoms with Crippen LogP contribution in [0.5, 0.6) is 5.75 Å². The van der Waals surface area contributed by atoms with Gasteiger partial charge in [-0.3, -0.25) is 4.79 Å². The molecule has 0 bridgehead atoms. The van der Waals surface area contributed by atoms with Crippen LogP contribution in [0.3, 0.4) is 0 Å². The van der Waals surface area contributed by atoms with Crippen LogP contribution in [0.15, 0.2) is 42.5 Å². The van der Waals surface area contributed by atoms with Crippen molar-refractivity contribution >= 4 is 28.9 Å². The third-order valence-electron chi connectivity index (χ3n) is 4.38. The molecule has 0 radical (unpaired) electrons. The number of hydrogen-bond acceptors (Lipinski definition) is 3. The fourth-order valence-electron chi connectivity index (χ4n) is 3.07. The van der Waals surface area contributed by atoms with Crippen LogP contribution in [-0.2, 0) is 4.79 Å². The van der Waals surface area contributed by atoms with Gasteiger partial charge in [-0.2, -0.15) is 0 Å². The molecule has 1 aliphatic heterocycles. The number of benzene rings is 2. The van der Waals surface area contributed by atoms with Gasteiger partial charge in [0.15, 0.2) is 6.61 Å². The van der Waals surface area contributed by atoms with Gasteiger partial charge in [0.1, 0.15) is 5.75 Å². The van der Waals surface area contributed by atoms with E-state index in [1.165, 1.54) is 19.3 Å². The number of hydrogen-bond donors (Lipinski definition) is 1. The molecule has 0 atom stereocenters. The van der Waals surface area contributed by atoms with Gasteiger partial charge in [0.05, 0.1) is 11.4 Å². The van der Waals surface area contributed by atoms with Gasteiger partial charge in [-0.25, -0.2) is 0 Å². The first-order valence-corrected chi connectivity index (χ1v) is 9.04. The van der Waals surface area contributed by atoms with E-state index in [0.717, 1.165) is 35.8 Å². The molecule has 0 spiro atoms. The molecule has 1 aliphatic rings. The van der Waals surface area contributed by atoms with Gasteiger partial charge < -0.3 is 15.0 Å². The Morgan fingerprint density at radius 3 is 2.68 bits per heavy atom. The molecule has 1 N–H and O–H groups in total. The third kappa shape index (κ3) is 4.67. The predicted octanol–water partition coefficient (Wildman–Crippen LogP) is 4.66. The van der Waals surface area contributed by atoms with Gasteiger partial charge in [0.2, 0.25) is 0 Å². The first kappa shape index (κ1) is 17.6. The van der Waals surface area contributed by atoms with Crippen molar-refractivity contribution in [2.75, 3.05) is 29.9 Å². The maximum Gasteiger partial charge on any atom is 0.262 e. The van der Waals surface area contributed by atoms with E-state index in [1.807, 2.05) is 43.3 Å². The van der Waals surface area contributed by atoms with Crippen LogP contribution in [0, 0.1) is 6.92 Å². The molecular formula is C20H23ClN2O2. The highest BCUT2D eigenvalue weighted by Crippen LogP contribution is 2.31. The maximum absolute atomic E-state index is 12.3. The highest BCUT2D eigenvalue weighted by molar-refractivity contribution is 6.31. The van der Waals surface area contributed by atoms with E-state index in [4.69, 9.17) is 16.3 Å². The monoisotopic (exact) mass is 358 g/mol. The lowest BCUT2D eigenvalue weighted by Crippen LogP contribution is -2.31. The molecular weight excluding hydrogens is 336 g/mol. The standard InChI is InChI=1S/C20H23ClN2O2/c1-15-7-3-4-8-19(15)25-14-20(24)22-17-13-16(21)9-10-18(17)23-11-5-2-6-12-23/h3-4,7-10,13H,2,5-6,11-12,14H2,1H3,(H,22,24). The van der Waals surface area contributed by atoms with Crippen LogP contribution in [0.25, 0.3) is 0 Å². The minimum Gasteiger partial charge on any atom is -0.483 e. The minimum absolute atomic E-state index is 0.0309. The van der Waals surface area contributed by atoms with Crippen LogP contribution in [0.4, 0.5) is 11.4 Å². The number of ether oxygens (including phenoxy) is 1. The number of amides is 1. The molecule has 25 heavy (non-hydrogen) atoms. The number of aryl methyl sites for hydroxylation is 1. The Balaban J connectivity index is 1.68. The molecule has 1 amide bonds. The van der Waals surface area contributed by atoms with E-state index in [9.17, 15) is 4.79 Å². The van der Waals surface area contributed by atoms with E-state index in [-0.39, 0.29) is 12.5 Å². The molecule has 0 saturated carbocycles. The Morgan fingerprint density at radius 2 is 1.92 bits per heavy atom. The Kier molecular flexibility index (Phi) is 5.82. The molecule has 2 aromatic carbocycles. The van der Waals surface area contributed by atoms with Crippen molar-refractivity contribution in [1.82, 2.24) is 0 Å². The number of halogens is 1. The smallest absolute Gasteiger partial charge is 0.262 e. The van der Waals surface area contributed by atoms with E-state index in [1.54, 1.807) is 6.07 Å². The summed E-state index contributed by atoms with van der Waals surface area (Å²) in [7, 11) is 0. The average Bonchev–Trinajstić information content (AvgIpc) is 2.62. The summed E-state index contributed by atoms with van der Waals surface area (Å²) >= 11 is 6.13. The van der Waals surface area contributed by atoms with Crippen molar-refractivity contribution in [3.05, 3.63) is 53.1 Å². The lowest BCUT2D eigenvalue weighted by molar-refractivity contribution is -0.118. The van der Waals surface area contributed by atoms with Crippen molar-refractivity contribution in [3.63, 3.8) is 0 Å². The molecule has 2 aromatic rings. The summed E-state index contributed by atoms with van der Waals surface area (Å²) in [6.07, 6.45) is 3.61. The Morgan fingerprint density at radius 1 is 1.16 bits per heavy atom. The summed E-state index contributed by atoms with van der Waals surface area (Å²) < 4.78 is 5.63. The first-order valence-electron chi connectivity index (χ1n) is 8.66. The molecule has 1 fully saturated rings. The highest BCUT2D eigenvalue weighted by atomic mass is 35.5. The van der Waals surface area contributed by atoms with Crippen molar-refractivity contribution in [1.29, 1.82) is 0 Å². The number of nitrogens with zero attached hydrogens (tertiary/aromatic N) is 1. The fraction of sp³-hybridized carbons (Fsp3) is 0.350. The second-order valence-electron chi connectivity index (χ2n) is 6.31. The maximum atomic E-state index is 12.3. The number of piperidine rings is 1. The number of para-hydroxylation sites is 1. The lowest BCUT2D eigenvalue weighted by Gasteiger charge is -2.30. The van der Waals surface area contributed by atoms with Crippen molar-refractivity contribution in [3.8, 4) is 5.75 Å². The van der Waals surface area contributed by atoms with E-state index in [2.05, 4.69) is 10.2 Å². The highest BCUT2D eigenvalue weighted by Gasteiger charge is 2.16. The second-order valence-corrected chi connectivity index (χ2v) is 6.75. The normalized spacial score (nSPS) is 14.2. The topological polar surface area (TPSA) is 41.6 Å². The van der Waals surface area contributed by atoms with Gasteiger partial charge in [0.25, 0.3) is 5.91 Å².